The highest BCUT2D eigenvalue weighted by molar-refractivity contribution is 6.21. The summed E-state index contributed by atoms with van der Waals surface area (Å²) in [6.07, 6.45) is 1.74. The number of benzene rings is 2. The molecule has 0 radical (unpaired) electrons. The summed E-state index contributed by atoms with van der Waals surface area (Å²) in [5.41, 5.74) is 4.47. The van der Waals surface area contributed by atoms with E-state index in [9.17, 15) is 14.4 Å². The van der Waals surface area contributed by atoms with Crippen molar-refractivity contribution < 1.29 is 14.4 Å². The summed E-state index contributed by atoms with van der Waals surface area (Å²) in [6.45, 7) is 1.41. The minimum atomic E-state index is -0.310. The Labute approximate surface area is 168 Å². The minimum Gasteiger partial charge on any atom is -0.358 e. The second kappa shape index (κ2) is 6.88. The molecular formula is C23H21N3O3. The molecule has 3 aromatic rings. The van der Waals surface area contributed by atoms with E-state index in [0.717, 1.165) is 18.4 Å². The van der Waals surface area contributed by atoms with Crippen LogP contribution in [0.4, 0.5) is 0 Å². The average molecular weight is 387 g/mol. The standard InChI is InChI=1S/C23H21N3O3/c27-21(11-14-26-22(28)17-6-1-2-7-18(17)23(26)29)25-12-9-16-15-5-3-4-8-19(15)24-20(16)10-13-25/h1-8,24H,9-14H2. The molecule has 2 aliphatic heterocycles. The van der Waals surface area contributed by atoms with E-state index in [4.69, 9.17) is 0 Å². The van der Waals surface area contributed by atoms with Crippen LogP contribution in [0.1, 0.15) is 38.4 Å². The first kappa shape index (κ1) is 17.7. The minimum absolute atomic E-state index is 0.0176. The Hall–Kier alpha value is -3.41. The highest BCUT2D eigenvalue weighted by atomic mass is 16.2. The number of H-pyrrole nitrogens is 1. The van der Waals surface area contributed by atoms with E-state index in [-0.39, 0.29) is 30.7 Å². The van der Waals surface area contributed by atoms with E-state index in [0.29, 0.717) is 24.2 Å². The van der Waals surface area contributed by atoms with Gasteiger partial charge in [-0.15, -0.1) is 0 Å². The molecule has 29 heavy (non-hydrogen) atoms. The van der Waals surface area contributed by atoms with Gasteiger partial charge >= 0.3 is 0 Å². The lowest BCUT2D eigenvalue weighted by Crippen LogP contribution is -2.38. The topological polar surface area (TPSA) is 73.5 Å². The molecule has 0 aliphatic carbocycles. The molecule has 0 atom stereocenters. The fraction of sp³-hybridized carbons (Fsp3) is 0.261. The van der Waals surface area contributed by atoms with E-state index in [2.05, 4.69) is 17.1 Å². The van der Waals surface area contributed by atoms with Gasteiger partial charge in [-0.3, -0.25) is 19.3 Å². The first-order chi connectivity index (χ1) is 14.1. The van der Waals surface area contributed by atoms with E-state index in [1.807, 2.05) is 17.0 Å². The van der Waals surface area contributed by atoms with Crippen molar-refractivity contribution in [3.05, 3.63) is 70.9 Å². The summed E-state index contributed by atoms with van der Waals surface area (Å²) >= 11 is 0. The maximum absolute atomic E-state index is 12.8. The van der Waals surface area contributed by atoms with E-state index < -0.39 is 0 Å². The van der Waals surface area contributed by atoms with E-state index in [1.165, 1.54) is 21.5 Å². The van der Waals surface area contributed by atoms with Gasteiger partial charge in [-0.1, -0.05) is 30.3 Å². The molecule has 0 spiro atoms. The van der Waals surface area contributed by atoms with Crippen LogP contribution in [0.3, 0.4) is 0 Å². The van der Waals surface area contributed by atoms with Gasteiger partial charge in [-0.2, -0.15) is 0 Å². The number of imide groups is 1. The van der Waals surface area contributed by atoms with Crippen molar-refractivity contribution in [3.8, 4) is 0 Å². The van der Waals surface area contributed by atoms with Crippen molar-refractivity contribution in [3.63, 3.8) is 0 Å². The highest BCUT2D eigenvalue weighted by Crippen LogP contribution is 2.26. The van der Waals surface area contributed by atoms with Gasteiger partial charge < -0.3 is 9.88 Å². The molecule has 3 amide bonds. The summed E-state index contributed by atoms with van der Waals surface area (Å²) in [7, 11) is 0. The smallest absolute Gasteiger partial charge is 0.261 e. The van der Waals surface area contributed by atoms with Crippen LogP contribution in [0.25, 0.3) is 10.9 Å². The Bertz CT molecular complexity index is 1110. The molecule has 2 aromatic carbocycles. The van der Waals surface area contributed by atoms with Crippen LogP contribution in [-0.4, -0.2) is 52.1 Å². The number of aromatic nitrogens is 1. The van der Waals surface area contributed by atoms with Gasteiger partial charge in [0.25, 0.3) is 11.8 Å². The molecule has 6 nitrogen and oxygen atoms in total. The molecule has 0 unspecified atom stereocenters. The number of para-hydroxylation sites is 1. The average Bonchev–Trinajstić information content (AvgIpc) is 3.12. The van der Waals surface area contributed by atoms with Crippen LogP contribution in [0.5, 0.6) is 0 Å². The lowest BCUT2D eigenvalue weighted by Gasteiger charge is -2.22. The van der Waals surface area contributed by atoms with Crippen molar-refractivity contribution in [1.82, 2.24) is 14.8 Å². The first-order valence-electron chi connectivity index (χ1n) is 9.95. The van der Waals surface area contributed by atoms with Gasteiger partial charge in [0, 0.05) is 49.1 Å². The van der Waals surface area contributed by atoms with Crippen LogP contribution in [0.2, 0.25) is 0 Å². The number of aromatic amines is 1. The normalized spacial score (nSPS) is 16.1. The summed E-state index contributed by atoms with van der Waals surface area (Å²) in [5, 5.41) is 1.22. The summed E-state index contributed by atoms with van der Waals surface area (Å²) in [5.74, 6) is -0.637. The van der Waals surface area contributed by atoms with Gasteiger partial charge in [0.1, 0.15) is 0 Å². The van der Waals surface area contributed by atoms with E-state index >= 15 is 0 Å². The summed E-state index contributed by atoms with van der Waals surface area (Å²) in [6, 6.07) is 15.1. The number of nitrogens with zero attached hydrogens (tertiary/aromatic N) is 2. The molecular weight excluding hydrogens is 366 g/mol. The molecule has 0 saturated heterocycles. The zero-order chi connectivity index (χ0) is 20.0. The number of hydrogen-bond donors (Lipinski definition) is 1. The maximum Gasteiger partial charge on any atom is 0.261 e. The number of amides is 3. The molecule has 0 fully saturated rings. The fourth-order valence-electron chi connectivity index (χ4n) is 4.42. The van der Waals surface area contributed by atoms with Crippen LogP contribution in [0.15, 0.2) is 48.5 Å². The molecule has 3 heterocycles. The van der Waals surface area contributed by atoms with Crippen LogP contribution >= 0.6 is 0 Å². The molecule has 1 N–H and O–H groups in total. The second-order valence-electron chi connectivity index (χ2n) is 7.57. The van der Waals surface area contributed by atoms with Crippen molar-refractivity contribution in [1.29, 1.82) is 0 Å². The third-order valence-corrected chi connectivity index (χ3v) is 5.95. The molecule has 1 aromatic heterocycles. The van der Waals surface area contributed by atoms with Crippen molar-refractivity contribution in [2.24, 2.45) is 0 Å². The Morgan fingerprint density at radius 2 is 1.55 bits per heavy atom. The number of hydrogen-bond acceptors (Lipinski definition) is 3. The lowest BCUT2D eigenvalue weighted by molar-refractivity contribution is -0.131. The third-order valence-electron chi connectivity index (χ3n) is 5.95. The Balaban J connectivity index is 1.24. The van der Waals surface area contributed by atoms with Crippen LogP contribution < -0.4 is 0 Å². The van der Waals surface area contributed by atoms with E-state index in [1.54, 1.807) is 24.3 Å². The molecule has 6 heteroatoms. The maximum atomic E-state index is 12.8. The van der Waals surface area contributed by atoms with Gasteiger partial charge in [0.2, 0.25) is 5.91 Å². The Morgan fingerprint density at radius 3 is 2.31 bits per heavy atom. The molecule has 146 valence electrons. The molecule has 0 bridgehead atoms. The van der Waals surface area contributed by atoms with Crippen molar-refractivity contribution in [2.75, 3.05) is 19.6 Å². The van der Waals surface area contributed by atoms with Crippen LogP contribution in [-0.2, 0) is 17.6 Å². The SMILES string of the molecule is O=C(CCN1C(=O)c2ccccc2C1=O)N1CCc2[nH]c3ccccc3c2CC1. The first-order valence-corrected chi connectivity index (χ1v) is 9.95. The number of carbonyl (C=O) groups is 3. The highest BCUT2D eigenvalue weighted by Gasteiger charge is 2.35. The fourth-order valence-corrected chi connectivity index (χ4v) is 4.42. The number of rotatable bonds is 3. The zero-order valence-electron chi connectivity index (χ0n) is 16.0. The largest absolute Gasteiger partial charge is 0.358 e. The van der Waals surface area contributed by atoms with Crippen LogP contribution in [0, 0.1) is 0 Å². The van der Waals surface area contributed by atoms with Crippen molar-refractivity contribution >= 4 is 28.6 Å². The molecule has 2 aliphatic rings. The Morgan fingerprint density at radius 1 is 0.897 bits per heavy atom. The summed E-state index contributed by atoms with van der Waals surface area (Å²) in [4.78, 5) is 44.2. The number of fused-ring (bicyclic) bond motifs is 4. The summed E-state index contributed by atoms with van der Waals surface area (Å²) < 4.78 is 0. The molecule has 5 rings (SSSR count). The lowest BCUT2D eigenvalue weighted by atomic mass is 10.1. The second-order valence-corrected chi connectivity index (χ2v) is 7.57. The van der Waals surface area contributed by atoms with Gasteiger partial charge in [0.15, 0.2) is 0 Å². The Kier molecular flexibility index (Phi) is 4.19. The monoisotopic (exact) mass is 387 g/mol. The van der Waals surface area contributed by atoms with Crippen molar-refractivity contribution in [2.45, 2.75) is 19.3 Å². The zero-order valence-corrected chi connectivity index (χ0v) is 16.0. The predicted molar refractivity (Wildman–Crippen MR) is 109 cm³/mol. The third kappa shape index (κ3) is 2.92. The van der Waals surface area contributed by atoms with Gasteiger partial charge in [-0.05, 0) is 30.2 Å². The number of carbonyl (C=O) groups excluding carboxylic acids is 3. The van der Waals surface area contributed by atoms with Gasteiger partial charge in [0.05, 0.1) is 11.1 Å². The quantitative estimate of drug-likeness (QED) is 0.703. The number of nitrogens with one attached hydrogen (secondary N) is 1. The molecule has 0 saturated carbocycles. The van der Waals surface area contributed by atoms with Gasteiger partial charge in [-0.25, -0.2) is 0 Å². The predicted octanol–water partition coefficient (Wildman–Crippen LogP) is 2.78.